The van der Waals surface area contributed by atoms with Crippen molar-refractivity contribution in [1.82, 2.24) is 25.3 Å². The number of rotatable bonds is 9. The van der Waals surface area contributed by atoms with Crippen LogP contribution in [0.25, 0.3) is 0 Å². The zero-order chi connectivity index (χ0) is 28.1. The van der Waals surface area contributed by atoms with E-state index < -0.39 is 0 Å². The lowest BCUT2D eigenvalue weighted by atomic mass is 9.89. The molecule has 1 saturated carbocycles. The van der Waals surface area contributed by atoms with Crippen LogP contribution in [-0.4, -0.2) is 89.1 Å². The Hall–Kier alpha value is -1.83. The van der Waals surface area contributed by atoms with Gasteiger partial charge in [-0.15, -0.1) is 0 Å². The van der Waals surface area contributed by atoms with E-state index in [1.807, 2.05) is 17.0 Å². The van der Waals surface area contributed by atoms with Crippen LogP contribution < -0.4 is 10.6 Å². The first-order valence-corrected chi connectivity index (χ1v) is 16.5. The lowest BCUT2D eigenvalue weighted by Gasteiger charge is -2.48. The third kappa shape index (κ3) is 6.79. The van der Waals surface area contributed by atoms with Gasteiger partial charge in [0, 0.05) is 48.3 Å². The Kier molecular flexibility index (Phi) is 10.3. The second-order valence-electron chi connectivity index (χ2n) is 12.5. The molecule has 222 valence electrons. The molecular weight excluding hydrogens is 522 g/mol. The Balaban J connectivity index is 1.33. The van der Waals surface area contributed by atoms with Crippen LogP contribution in [0.2, 0.25) is 5.02 Å². The van der Waals surface area contributed by atoms with Crippen molar-refractivity contribution >= 4 is 23.5 Å². The van der Waals surface area contributed by atoms with Crippen LogP contribution in [0.5, 0.6) is 0 Å². The summed E-state index contributed by atoms with van der Waals surface area (Å²) in [5.41, 5.74) is 1.14. The molecular formula is C32H50ClN5O2. The average molecular weight is 572 g/mol. The van der Waals surface area contributed by atoms with Gasteiger partial charge in [0.05, 0.1) is 6.04 Å². The maximum Gasteiger partial charge on any atom is 0.320 e. The van der Waals surface area contributed by atoms with Crippen molar-refractivity contribution in [3.8, 4) is 0 Å². The number of benzene rings is 1. The number of halogens is 1. The molecule has 3 saturated heterocycles. The highest BCUT2D eigenvalue weighted by Crippen LogP contribution is 2.40. The van der Waals surface area contributed by atoms with E-state index in [-0.39, 0.29) is 36.1 Å². The monoisotopic (exact) mass is 571 g/mol. The molecule has 3 heterocycles. The van der Waals surface area contributed by atoms with Gasteiger partial charge in [0.1, 0.15) is 0 Å². The summed E-state index contributed by atoms with van der Waals surface area (Å²) in [5, 5.41) is 7.95. The van der Waals surface area contributed by atoms with Gasteiger partial charge in [-0.2, -0.15) is 0 Å². The fourth-order valence-corrected chi connectivity index (χ4v) is 8.02. The van der Waals surface area contributed by atoms with E-state index in [4.69, 9.17) is 11.6 Å². The minimum absolute atomic E-state index is 0.217. The highest BCUT2D eigenvalue weighted by atomic mass is 35.5. The first-order chi connectivity index (χ1) is 19.5. The predicted molar refractivity (Wildman–Crippen MR) is 162 cm³/mol. The first kappa shape index (κ1) is 29.7. The minimum Gasteiger partial charge on any atom is -0.335 e. The summed E-state index contributed by atoms with van der Waals surface area (Å²) in [6.07, 6.45) is 12.6. The summed E-state index contributed by atoms with van der Waals surface area (Å²) in [5.74, 6) is 0.249. The maximum absolute atomic E-state index is 14.4. The van der Waals surface area contributed by atoms with Crippen molar-refractivity contribution in [1.29, 1.82) is 0 Å². The van der Waals surface area contributed by atoms with Crippen LogP contribution in [0, 0.1) is 0 Å². The number of nitrogens with one attached hydrogen (secondary N) is 2. The highest BCUT2D eigenvalue weighted by molar-refractivity contribution is 6.30. The largest absolute Gasteiger partial charge is 0.335 e. The minimum atomic E-state index is -0.240. The molecule has 2 bridgehead atoms. The normalized spacial score (nSPS) is 26.5. The average Bonchev–Trinajstić information content (AvgIpc) is 3.24. The molecule has 7 nitrogen and oxygen atoms in total. The quantitative estimate of drug-likeness (QED) is 0.427. The Morgan fingerprint density at radius 1 is 0.925 bits per heavy atom. The molecule has 5 rings (SSSR count). The molecule has 0 aromatic heterocycles. The molecule has 1 aromatic carbocycles. The van der Waals surface area contributed by atoms with Crippen LogP contribution in [-0.2, 0) is 11.2 Å². The Morgan fingerprint density at radius 2 is 1.55 bits per heavy atom. The summed E-state index contributed by atoms with van der Waals surface area (Å²) in [6, 6.07) is 9.27. The number of carbonyl (C=O) groups is 2. The summed E-state index contributed by atoms with van der Waals surface area (Å²) in [4.78, 5) is 34.7. The van der Waals surface area contributed by atoms with Gasteiger partial charge in [0.2, 0.25) is 5.91 Å². The summed E-state index contributed by atoms with van der Waals surface area (Å²) in [7, 11) is 0. The SMILES string of the molecule is CCN(CC)C(=O)N(C1CCCCC1)C1CC2CCC(C1)N2C(=O)[C@@H](Cc1ccc(Cl)cc1)NC1CCNCC1. The van der Waals surface area contributed by atoms with Crippen molar-refractivity contribution < 1.29 is 9.59 Å². The molecule has 3 aliphatic heterocycles. The third-order valence-electron chi connectivity index (χ3n) is 10.0. The fraction of sp³-hybridized carbons (Fsp3) is 0.750. The molecule has 8 heteroatoms. The van der Waals surface area contributed by atoms with E-state index in [2.05, 4.69) is 46.4 Å². The number of urea groups is 1. The van der Waals surface area contributed by atoms with E-state index in [9.17, 15) is 9.59 Å². The Bertz CT molecular complexity index is 960. The van der Waals surface area contributed by atoms with Gasteiger partial charge in [0.25, 0.3) is 0 Å². The van der Waals surface area contributed by atoms with Crippen molar-refractivity contribution in [2.75, 3.05) is 26.2 Å². The molecule has 0 spiro atoms. The number of carbonyl (C=O) groups excluding carboxylic acids is 2. The number of piperidine rings is 2. The van der Waals surface area contributed by atoms with Gasteiger partial charge in [-0.1, -0.05) is 43.0 Å². The molecule has 40 heavy (non-hydrogen) atoms. The molecule has 1 aliphatic carbocycles. The van der Waals surface area contributed by atoms with E-state index in [1.165, 1.54) is 19.3 Å². The first-order valence-electron chi connectivity index (χ1n) is 16.1. The van der Waals surface area contributed by atoms with Gasteiger partial charge in [-0.05, 0) is 102 Å². The number of nitrogens with zero attached hydrogens (tertiary/aromatic N) is 3. The van der Waals surface area contributed by atoms with Crippen molar-refractivity contribution in [2.45, 2.75) is 127 Å². The fourth-order valence-electron chi connectivity index (χ4n) is 7.89. The van der Waals surface area contributed by atoms with Gasteiger partial charge in [-0.3, -0.25) is 4.79 Å². The summed E-state index contributed by atoms with van der Waals surface area (Å²) >= 11 is 6.16. The number of hydrogen-bond acceptors (Lipinski definition) is 4. The standard InChI is InChI=1S/C32H50ClN5O2/c1-3-36(4-2)32(40)38(26-8-6-5-7-9-26)29-21-27-14-15-28(22-29)37(27)31(39)30(35-25-16-18-34-19-17-25)20-23-10-12-24(33)13-11-23/h10-13,25-30,34-35H,3-9,14-22H2,1-2H3/t27?,28?,29?,30-/m1/s1. The molecule has 4 aliphatic rings. The van der Waals surface area contributed by atoms with E-state index in [0.29, 0.717) is 18.5 Å². The molecule has 0 radical (unpaired) electrons. The van der Waals surface area contributed by atoms with Crippen molar-refractivity contribution in [3.05, 3.63) is 34.9 Å². The molecule has 2 N–H and O–H groups in total. The Labute approximate surface area is 246 Å². The van der Waals surface area contributed by atoms with Crippen LogP contribution in [0.1, 0.15) is 90.0 Å². The van der Waals surface area contributed by atoms with Gasteiger partial charge in [0.15, 0.2) is 0 Å². The zero-order valence-electron chi connectivity index (χ0n) is 24.6. The maximum atomic E-state index is 14.4. The molecule has 3 atom stereocenters. The second kappa shape index (κ2) is 13.9. The molecule has 4 fully saturated rings. The van der Waals surface area contributed by atoms with Crippen LogP contribution in [0.3, 0.4) is 0 Å². The van der Waals surface area contributed by atoms with Gasteiger partial charge < -0.3 is 25.3 Å². The van der Waals surface area contributed by atoms with Crippen LogP contribution in [0.4, 0.5) is 4.79 Å². The zero-order valence-corrected chi connectivity index (χ0v) is 25.4. The topological polar surface area (TPSA) is 67.9 Å². The second-order valence-corrected chi connectivity index (χ2v) is 12.9. The van der Waals surface area contributed by atoms with E-state index in [1.54, 1.807) is 0 Å². The van der Waals surface area contributed by atoms with Gasteiger partial charge in [-0.25, -0.2) is 4.79 Å². The third-order valence-corrected chi connectivity index (χ3v) is 10.3. The smallest absolute Gasteiger partial charge is 0.320 e. The van der Waals surface area contributed by atoms with E-state index >= 15 is 0 Å². The van der Waals surface area contributed by atoms with E-state index in [0.717, 1.165) is 88.1 Å². The van der Waals surface area contributed by atoms with Crippen LogP contribution >= 0.6 is 11.6 Å². The summed E-state index contributed by atoms with van der Waals surface area (Å²) in [6.45, 7) is 7.65. The molecule has 1 aromatic rings. The number of fused-ring (bicyclic) bond motifs is 2. The molecule has 2 unspecified atom stereocenters. The highest BCUT2D eigenvalue weighted by Gasteiger charge is 2.48. The van der Waals surface area contributed by atoms with Gasteiger partial charge >= 0.3 is 6.03 Å². The Morgan fingerprint density at radius 3 is 2.15 bits per heavy atom. The summed E-state index contributed by atoms with van der Waals surface area (Å²) < 4.78 is 0. The van der Waals surface area contributed by atoms with Crippen molar-refractivity contribution in [2.24, 2.45) is 0 Å². The number of amides is 3. The molecule has 3 amide bonds. The lowest BCUT2D eigenvalue weighted by molar-refractivity contribution is -0.139. The lowest BCUT2D eigenvalue weighted by Crippen LogP contribution is -2.61. The van der Waals surface area contributed by atoms with Crippen molar-refractivity contribution in [3.63, 3.8) is 0 Å². The number of hydrogen-bond donors (Lipinski definition) is 2. The predicted octanol–water partition coefficient (Wildman–Crippen LogP) is 5.21. The van der Waals surface area contributed by atoms with Crippen LogP contribution in [0.15, 0.2) is 24.3 Å².